The largest absolute Gasteiger partial charge is 0.573 e. The highest BCUT2D eigenvalue weighted by atomic mass is 19.4. The standard InChI is InChI=1S/C20H15F3N2O5/c1-28-16-6-2-13(3-7-16)10-14(11-24)19(27)29-12-18(26)25-15-4-8-17(9-5-15)30-20(21,22)23/h2-10H,12H2,1H3,(H,25,26). The lowest BCUT2D eigenvalue weighted by atomic mass is 10.1. The topological polar surface area (TPSA) is 97.6 Å². The fraction of sp³-hybridized carbons (Fsp3) is 0.150. The van der Waals surface area contributed by atoms with E-state index < -0.39 is 30.6 Å². The highest BCUT2D eigenvalue weighted by molar-refractivity contribution is 6.00. The number of halogens is 3. The molecular weight excluding hydrogens is 405 g/mol. The third kappa shape index (κ3) is 7.20. The molecular formula is C20H15F3N2O5. The van der Waals surface area contributed by atoms with E-state index in [0.717, 1.165) is 12.1 Å². The van der Waals surface area contributed by atoms with Gasteiger partial charge in [0.15, 0.2) is 6.61 Å². The van der Waals surface area contributed by atoms with Crippen LogP contribution in [-0.4, -0.2) is 32.0 Å². The quantitative estimate of drug-likeness (QED) is 0.417. The van der Waals surface area contributed by atoms with Gasteiger partial charge in [-0.05, 0) is 48.0 Å². The first-order valence-corrected chi connectivity index (χ1v) is 8.29. The van der Waals surface area contributed by atoms with Crippen LogP contribution >= 0.6 is 0 Å². The maximum atomic E-state index is 12.1. The van der Waals surface area contributed by atoms with Crippen molar-refractivity contribution in [3.05, 3.63) is 59.7 Å². The molecule has 0 unspecified atom stereocenters. The summed E-state index contributed by atoms with van der Waals surface area (Å²) in [6.45, 7) is -0.693. The maximum Gasteiger partial charge on any atom is 0.573 e. The van der Waals surface area contributed by atoms with Crippen molar-refractivity contribution in [1.29, 1.82) is 5.26 Å². The number of benzene rings is 2. The van der Waals surface area contributed by atoms with Crippen molar-refractivity contribution in [3.63, 3.8) is 0 Å². The minimum absolute atomic E-state index is 0.167. The molecule has 0 fully saturated rings. The number of alkyl halides is 3. The van der Waals surface area contributed by atoms with Crippen LogP contribution in [0.2, 0.25) is 0 Å². The Kier molecular flexibility index (Phi) is 7.41. The number of amides is 1. The number of hydrogen-bond acceptors (Lipinski definition) is 6. The minimum atomic E-state index is -4.82. The summed E-state index contributed by atoms with van der Waals surface area (Å²) in [6.07, 6.45) is -3.53. The predicted octanol–water partition coefficient (Wildman–Crippen LogP) is 3.68. The Balaban J connectivity index is 1.90. The Bertz CT molecular complexity index is 962. The number of nitrogens with one attached hydrogen (secondary N) is 1. The molecule has 30 heavy (non-hydrogen) atoms. The van der Waals surface area contributed by atoms with Gasteiger partial charge in [0, 0.05) is 5.69 Å². The second-order valence-corrected chi connectivity index (χ2v) is 5.64. The fourth-order valence-corrected chi connectivity index (χ4v) is 2.15. The zero-order valence-electron chi connectivity index (χ0n) is 15.5. The van der Waals surface area contributed by atoms with Crippen LogP contribution < -0.4 is 14.8 Å². The lowest BCUT2D eigenvalue weighted by Gasteiger charge is -2.10. The van der Waals surface area contributed by atoms with Gasteiger partial charge in [-0.15, -0.1) is 13.2 Å². The smallest absolute Gasteiger partial charge is 0.497 e. The first kappa shape index (κ1) is 22.3. The van der Waals surface area contributed by atoms with Crippen molar-refractivity contribution in [2.45, 2.75) is 6.36 Å². The maximum absolute atomic E-state index is 12.1. The van der Waals surface area contributed by atoms with Crippen molar-refractivity contribution in [3.8, 4) is 17.6 Å². The molecule has 156 valence electrons. The van der Waals surface area contributed by atoms with E-state index in [4.69, 9.17) is 14.7 Å². The van der Waals surface area contributed by atoms with Crippen molar-refractivity contribution in [2.24, 2.45) is 0 Å². The summed E-state index contributed by atoms with van der Waals surface area (Å²) in [6, 6.07) is 12.6. The average molecular weight is 420 g/mol. The Labute approximate surface area is 169 Å². The number of methoxy groups -OCH3 is 1. The van der Waals surface area contributed by atoms with Gasteiger partial charge in [-0.25, -0.2) is 4.79 Å². The molecule has 2 aromatic rings. The molecule has 0 spiro atoms. The summed E-state index contributed by atoms with van der Waals surface area (Å²) in [5, 5.41) is 11.5. The van der Waals surface area contributed by atoms with Crippen LogP contribution in [0.3, 0.4) is 0 Å². The monoisotopic (exact) mass is 420 g/mol. The van der Waals surface area contributed by atoms with Crippen molar-refractivity contribution < 1.29 is 37.0 Å². The average Bonchev–Trinajstić information content (AvgIpc) is 2.71. The van der Waals surface area contributed by atoms with E-state index in [0.29, 0.717) is 11.3 Å². The zero-order valence-corrected chi connectivity index (χ0v) is 15.5. The van der Waals surface area contributed by atoms with Crippen molar-refractivity contribution in [1.82, 2.24) is 0 Å². The second kappa shape index (κ2) is 9.97. The molecule has 0 saturated heterocycles. The summed E-state index contributed by atoms with van der Waals surface area (Å²) in [7, 11) is 1.50. The second-order valence-electron chi connectivity index (χ2n) is 5.64. The number of nitriles is 1. The highest BCUT2D eigenvalue weighted by Gasteiger charge is 2.30. The molecule has 0 heterocycles. The van der Waals surface area contributed by atoms with E-state index >= 15 is 0 Å². The summed E-state index contributed by atoms with van der Waals surface area (Å²) >= 11 is 0. The van der Waals surface area contributed by atoms with Gasteiger partial charge in [0.05, 0.1) is 7.11 Å². The van der Waals surface area contributed by atoms with E-state index in [2.05, 4.69) is 10.1 Å². The van der Waals surface area contributed by atoms with E-state index in [-0.39, 0.29) is 11.3 Å². The van der Waals surface area contributed by atoms with Gasteiger partial charge < -0.3 is 19.5 Å². The van der Waals surface area contributed by atoms with Crippen molar-refractivity contribution >= 4 is 23.6 Å². The van der Waals surface area contributed by atoms with E-state index in [1.54, 1.807) is 30.3 Å². The third-order valence-corrected chi connectivity index (χ3v) is 3.47. The lowest BCUT2D eigenvalue weighted by Crippen LogP contribution is -2.21. The zero-order chi connectivity index (χ0) is 22.1. The Hall–Kier alpha value is -4.00. The Morgan fingerprint density at radius 2 is 1.67 bits per heavy atom. The van der Waals surface area contributed by atoms with Crippen LogP contribution in [0.1, 0.15) is 5.56 Å². The first-order chi connectivity index (χ1) is 14.2. The van der Waals surface area contributed by atoms with Gasteiger partial charge in [0.2, 0.25) is 0 Å². The number of rotatable bonds is 7. The molecule has 0 aliphatic carbocycles. The number of carbonyl (C=O) groups is 2. The molecule has 0 aromatic heterocycles. The Morgan fingerprint density at radius 3 is 2.20 bits per heavy atom. The number of hydrogen-bond donors (Lipinski definition) is 1. The molecule has 1 N–H and O–H groups in total. The van der Waals surface area contributed by atoms with Crippen LogP contribution in [0.25, 0.3) is 6.08 Å². The van der Waals surface area contributed by atoms with Gasteiger partial charge in [-0.3, -0.25) is 4.79 Å². The van der Waals surface area contributed by atoms with Crippen LogP contribution in [0, 0.1) is 11.3 Å². The number of ether oxygens (including phenoxy) is 3. The van der Waals surface area contributed by atoms with Gasteiger partial charge in [0.25, 0.3) is 5.91 Å². The van der Waals surface area contributed by atoms with Gasteiger partial charge in [-0.1, -0.05) is 12.1 Å². The van der Waals surface area contributed by atoms with Crippen LogP contribution in [-0.2, 0) is 14.3 Å². The summed E-state index contributed by atoms with van der Waals surface area (Å²) in [5.41, 5.74) is 0.399. The van der Waals surface area contributed by atoms with Crippen LogP contribution in [0.5, 0.6) is 11.5 Å². The molecule has 2 rings (SSSR count). The molecule has 10 heteroatoms. The van der Waals surface area contributed by atoms with Gasteiger partial charge in [-0.2, -0.15) is 5.26 Å². The molecule has 0 aliphatic heterocycles. The summed E-state index contributed by atoms with van der Waals surface area (Å²) < 4.78 is 49.9. The van der Waals surface area contributed by atoms with Gasteiger partial charge in [0.1, 0.15) is 23.1 Å². The van der Waals surface area contributed by atoms with Crippen molar-refractivity contribution in [2.75, 3.05) is 19.0 Å². The fourth-order valence-electron chi connectivity index (χ4n) is 2.15. The van der Waals surface area contributed by atoms with Gasteiger partial charge >= 0.3 is 12.3 Å². The van der Waals surface area contributed by atoms with Crippen LogP contribution in [0.4, 0.5) is 18.9 Å². The highest BCUT2D eigenvalue weighted by Crippen LogP contribution is 2.24. The molecule has 0 radical (unpaired) electrons. The first-order valence-electron chi connectivity index (χ1n) is 8.29. The van der Waals surface area contributed by atoms with E-state index in [1.165, 1.54) is 25.3 Å². The SMILES string of the molecule is COc1ccc(C=C(C#N)C(=O)OCC(=O)Nc2ccc(OC(F)(F)F)cc2)cc1. The lowest BCUT2D eigenvalue weighted by molar-refractivity contribution is -0.274. The number of carbonyl (C=O) groups excluding carboxylic acids is 2. The molecule has 0 atom stereocenters. The summed E-state index contributed by atoms with van der Waals surface area (Å²) in [4.78, 5) is 23.8. The third-order valence-electron chi connectivity index (χ3n) is 3.47. The van der Waals surface area contributed by atoms with E-state index in [9.17, 15) is 22.8 Å². The van der Waals surface area contributed by atoms with Crippen LogP contribution in [0.15, 0.2) is 54.1 Å². The predicted molar refractivity (Wildman–Crippen MR) is 99.3 cm³/mol. The normalized spacial score (nSPS) is 11.2. The molecule has 0 aliphatic rings. The summed E-state index contributed by atoms with van der Waals surface area (Å²) in [5.74, 6) is -1.59. The Morgan fingerprint density at radius 1 is 1.07 bits per heavy atom. The molecule has 7 nitrogen and oxygen atoms in total. The number of esters is 1. The minimum Gasteiger partial charge on any atom is -0.497 e. The molecule has 0 saturated carbocycles. The molecule has 0 bridgehead atoms. The molecule has 2 aromatic carbocycles. The van der Waals surface area contributed by atoms with E-state index in [1.807, 2.05) is 0 Å². The number of anilines is 1. The molecule has 1 amide bonds. The number of nitrogens with zero attached hydrogens (tertiary/aromatic N) is 1.